The second-order valence-electron chi connectivity index (χ2n) is 4.83. The lowest BCUT2D eigenvalue weighted by atomic mass is 9.80. The lowest BCUT2D eigenvalue weighted by molar-refractivity contribution is 0.303. The molecule has 0 bridgehead atoms. The molecule has 0 saturated heterocycles. The zero-order valence-electron chi connectivity index (χ0n) is 10.4. The van der Waals surface area contributed by atoms with Crippen molar-refractivity contribution in [1.29, 1.82) is 5.26 Å². The molecule has 4 nitrogen and oxygen atoms in total. The molecule has 1 fully saturated rings. The maximum atomic E-state index is 8.50. The lowest BCUT2D eigenvalue weighted by Gasteiger charge is -2.25. The van der Waals surface area contributed by atoms with Crippen LogP contribution in [0.5, 0.6) is 0 Å². The van der Waals surface area contributed by atoms with Crippen LogP contribution < -0.4 is 0 Å². The van der Waals surface area contributed by atoms with Crippen molar-refractivity contribution in [2.45, 2.75) is 57.8 Å². The minimum atomic E-state index is 0.449. The summed E-state index contributed by atoms with van der Waals surface area (Å²) in [6.45, 7) is 2.26. The van der Waals surface area contributed by atoms with E-state index in [1.165, 1.54) is 32.1 Å². The van der Waals surface area contributed by atoms with Gasteiger partial charge in [-0.25, -0.2) is 0 Å². The van der Waals surface area contributed by atoms with E-state index in [-0.39, 0.29) is 0 Å². The quantitative estimate of drug-likeness (QED) is 0.801. The molecule has 0 amide bonds. The van der Waals surface area contributed by atoms with E-state index in [2.05, 4.69) is 23.1 Å². The van der Waals surface area contributed by atoms with Gasteiger partial charge in [0.15, 0.2) is 5.82 Å². The summed E-state index contributed by atoms with van der Waals surface area (Å²) in [4.78, 5) is 4.39. The Balaban J connectivity index is 1.90. The minimum Gasteiger partial charge on any atom is -0.339 e. The molecule has 0 aromatic carbocycles. The smallest absolute Gasteiger partial charge is 0.227 e. The Morgan fingerprint density at radius 1 is 1.35 bits per heavy atom. The number of hydrogen-bond donors (Lipinski definition) is 0. The third-order valence-electron chi connectivity index (χ3n) is 3.72. The van der Waals surface area contributed by atoms with Crippen molar-refractivity contribution in [2.24, 2.45) is 5.92 Å². The van der Waals surface area contributed by atoms with E-state index in [1.54, 1.807) is 0 Å². The largest absolute Gasteiger partial charge is 0.339 e. The van der Waals surface area contributed by atoms with Gasteiger partial charge in [-0.05, 0) is 31.6 Å². The highest BCUT2D eigenvalue weighted by atomic mass is 16.5. The Morgan fingerprint density at radius 3 is 2.76 bits per heavy atom. The predicted molar refractivity (Wildman–Crippen MR) is 63.2 cm³/mol. The highest BCUT2D eigenvalue weighted by Crippen LogP contribution is 2.35. The van der Waals surface area contributed by atoms with Gasteiger partial charge in [0.25, 0.3) is 0 Å². The summed E-state index contributed by atoms with van der Waals surface area (Å²) < 4.78 is 5.16. The van der Waals surface area contributed by atoms with Gasteiger partial charge < -0.3 is 4.52 Å². The number of hydrogen-bond acceptors (Lipinski definition) is 4. The normalized spacial score (nSPS) is 24.5. The SMILES string of the molecule is CCC1CCC(c2noc(CCC#N)n2)CC1. The molecule has 1 aliphatic rings. The van der Waals surface area contributed by atoms with Crippen LogP contribution in [0.15, 0.2) is 4.52 Å². The second-order valence-corrected chi connectivity index (χ2v) is 4.83. The molecule has 4 heteroatoms. The molecule has 92 valence electrons. The Hall–Kier alpha value is -1.37. The fourth-order valence-electron chi connectivity index (χ4n) is 2.53. The van der Waals surface area contributed by atoms with Crippen molar-refractivity contribution in [2.75, 3.05) is 0 Å². The van der Waals surface area contributed by atoms with Crippen molar-refractivity contribution in [3.63, 3.8) is 0 Å². The fourth-order valence-corrected chi connectivity index (χ4v) is 2.53. The van der Waals surface area contributed by atoms with Gasteiger partial charge in [-0.2, -0.15) is 10.2 Å². The van der Waals surface area contributed by atoms with E-state index in [0.29, 0.717) is 24.7 Å². The highest BCUT2D eigenvalue weighted by molar-refractivity contribution is 4.98. The number of aromatic nitrogens is 2. The van der Waals surface area contributed by atoms with Gasteiger partial charge >= 0.3 is 0 Å². The summed E-state index contributed by atoms with van der Waals surface area (Å²) in [5.41, 5.74) is 0. The van der Waals surface area contributed by atoms with Crippen molar-refractivity contribution in [3.05, 3.63) is 11.7 Å². The molecule has 1 heterocycles. The number of nitriles is 1. The van der Waals surface area contributed by atoms with Crippen LogP contribution in [0, 0.1) is 17.2 Å². The van der Waals surface area contributed by atoms with Gasteiger partial charge in [0.2, 0.25) is 5.89 Å². The van der Waals surface area contributed by atoms with Gasteiger partial charge in [0, 0.05) is 18.8 Å². The lowest BCUT2D eigenvalue weighted by Crippen LogP contribution is -2.13. The third-order valence-corrected chi connectivity index (χ3v) is 3.72. The number of rotatable bonds is 4. The first-order valence-electron chi connectivity index (χ1n) is 6.53. The molecule has 1 aliphatic carbocycles. The standard InChI is InChI=1S/C13H19N3O/c1-2-10-5-7-11(8-6-10)13-15-12(17-16-13)4-3-9-14/h10-11H,2-8H2,1H3. The van der Waals surface area contributed by atoms with Crippen LogP contribution in [0.4, 0.5) is 0 Å². The summed E-state index contributed by atoms with van der Waals surface area (Å²) in [6, 6.07) is 2.09. The number of nitrogens with zero attached hydrogens (tertiary/aromatic N) is 3. The maximum absolute atomic E-state index is 8.50. The van der Waals surface area contributed by atoms with E-state index >= 15 is 0 Å². The molecule has 0 spiro atoms. The fraction of sp³-hybridized carbons (Fsp3) is 0.769. The van der Waals surface area contributed by atoms with E-state index in [9.17, 15) is 0 Å². The Kier molecular flexibility index (Phi) is 4.13. The monoisotopic (exact) mass is 233 g/mol. The molecular formula is C13H19N3O. The third kappa shape index (κ3) is 3.06. The average Bonchev–Trinajstić information content (AvgIpc) is 2.85. The summed E-state index contributed by atoms with van der Waals surface area (Å²) in [5, 5.41) is 12.5. The van der Waals surface area contributed by atoms with Crippen molar-refractivity contribution >= 4 is 0 Å². The first-order chi connectivity index (χ1) is 8.33. The summed E-state index contributed by atoms with van der Waals surface area (Å²) in [6.07, 6.45) is 7.22. The Morgan fingerprint density at radius 2 is 2.12 bits per heavy atom. The summed E-state index contributed by atoms with van der Waals surface area (Å²) in [5.74, 6) is 2.82. The topological polar surface area (TPSA) is 62.7 Å². The molecule has 1 saturated carbocycles. The molecule has 17 heavy (non-hydrogen) atoms. The van der Waals surface area contributed by atoms with Crippen molar-refractivity contribution < 1.29 is 4.52 Å². The average molecular weight is 233 g/mol. The van der Waals surface area contributed by atoms with Crippen molar-refractivity contribution in [1.82, 2.24) is 10.1 Å². The molecule has 0 radical (unpaired) electrons. The second kappa shape index (κ2) is 5.81. The van der Waals surface area contributed by atoms with Gasteiger partial charge in [-0.15, -0.1) is 0 Å². The Labute approximate surface area is 102 Å². The van der Waals surface area contributed by atoms with Crippen LogP contribution >= 0.6 is 0 Å². The predicted octanol–water partition coefficient (Wildman–Crippen LogP) is 3.21. The molecule has 0 aliphatic heterocycles. The molecule has 0 unspecified atom stereocenters. The van der Waals surface area contributed by atoms with Crippen LogP contribution in [0.1, 0.15) is 63.1 Å². The van der Waals surface area contributed by atoms with Gasteiger partial charge in [-0.3, -0.25) is 0 Å². The molecule has 1 aromatic rings. The summed E-state index contributed by atoms with van der Waals surface area (Å²) >= 11 is 0. The molecule has 0 atom stereocenters. The number of aryl methyl sites for hydroxylation is 1. The van der Waals surface area contributed by atoms with Crippen LogP contribution in [-0.4, -0.2) is 10.1 Å². The first kappa shape index (κ1) is 12.1. The maximum Gasteiger partial charge on any atom is 0.227 e. The van der Waals surface area contributed by atoms with Gasteiger partial charge in [0.05, 0.1) is 6.07 Å². The van der Waals surface area contributed by atoms with Gasteiger partial charge in [0.1, 0.15) is 0 Å². The highest BCUT2D eigenvalue weighted by Gasteiger charge is 2.24. The van der Waals surface area contributed by atoms with Crippen molar-refractivity contribution in [3.8, 4) is 6.07 Å². The Bertz CT molecular complexity index is 386. The van der Waals surface area contributed by atoms with Crippen LogP contribution in [0.2, 0.25) is 0 Å². The molecule has 2 rings (SSSR count). The molecule has 1 aromatic heterocycles. The zero-order valence-corrected chi connectivity index (χ0v) is 10.4. The van der Waals surface area contributed by atoms with E-state index in [1.807, 2.05) is 0 Å². The first-order valence-corrected chi connectivity index (χ1v) is 6.53. The summed E-state index contributed by atoms with van der Waals surface area (Å²) in [7, 11) is 0. The van der Waals surface area contributed by atoms with E-state index in [4.69, 9.17) is 9.78 Å². The minimum absolute atomic E-state index is 0.449. The molecule has 0 N–H and O–H groups in total. The van der Waals surface area contributed by atoms with Crippen LogP contribution in [0.3, 0.4) is 0 Å². The van der Waals surface area contributed by atoms with Gasteiger partial charge in [-0.1, -0.05) is 18.5 Å². The van der Waals surface area contributed by atoms with Crippen LogP contribution in [-0.2, 0) is 6.42 Å². The van der Waals surface area contributed by atoms with E-state index in [0.717, 1.165) is 11.7 Å². The molecular weight excluding hydrogens is 214 g/mol. The van der Waals surface area contributed by atoms with E-state index < -0.39 is 0 Å². The zero-order chi connectivity index (χ0) is 12.1. The van der Waals surface area contributed by atoms with Crippen LogP contribution in [0.25, 0.3) is 0 Å².